The summed E-state index contributed by atoms with van der Waals surface area (Å²) in [6.07, 6.45) is 0. The Morgan fingerprint density at radius 1 is 0.329 bits per heavy atom. The molecule has 70 heavy (non-hydrogen) atoms. The zero-order valence-electron chi connectivity index (χ0n) is 40.7. The summed E-state index contributed by atoms with van der Waals surface area (Å²) < 4.78 is 0. The topological polar surface area (TPSA) is 9.72 Å². The fourth-order valence-electron chi connectivity index (χ4n) is 11.6. The third-order valence-electron chi connectivity index (χ3n) is 15.0. The third-order valence-corrected chi connectivity index (χ3v) is 15.0. The molecule has 0 spiro atoms. The maximum atomic E-state index is 2.63. The summed E-state index contributed by atoms with van der Waals surface area (Å²) in [4.78, 5) is 7.78. The summed E-state index contributed by atoms with van der Waals surface area (Å²) >= 11 is 0. The van der Waals surface area contributed by atoms with Crippen molar-refractivity contribution in [2.24, 2.45) is 0 Å². The van der Waals surface area contributed by atoms with Gasteiger partial charge in [-0.1, -0.05) is 211 Å². The Bertz CT molecular complexity index is 3650. The summed E-state index contributed by atoms with van der Waals surface area (Å²) in [6.45, 7) is 13.8. The molecule has 2 aliphatic rings. The van der Waals surface area contributed by atoms with Gasteiger partial charge < -0.3 is 14.7 Å². The highest BCUT2D eigenvalue weighted by Crippen LogP contribution is 2.52. The van der Waals surface area contributed by atoms with Crippen molar-refractivity contribution < 1.29 is 0 Å². The number of nitrogens with zero attached hydrogens (tertiary/aromatic N) is 3. The second-order valence-electron chi connectivity index (χ2n) is 21.4. The van der Waals surface area contributed by atoms with Crippen LogP contribution in [0.4, 0.5) is 51.2 Å². The Kier molecular flexibility index (Phi) is 9.45. The number of benzene rings is 11. The van der Waals surface area contributed by atoms with E-state index < -0.39 is 0 Å². The van der Waals surface area contributed by atoms with E-state index in [1.54, 1.807) is 0 Å². The molecule has 2 aliphatic heterocycles. The summed E-state index contributed by atoms with van der Waals surface area (Å²) in [7, 11) is 0. The van der Waals surface area contributed by atoms with Crippen LogP contribution in [-0.2, 0) is 10.8 Å². The van der Waals surface area contributed by atoms with Gasteiger partial charge in [-0.05, 0) is 108 Å². The molecule has 11 aromatic carbocycles. The van der Waals surface area contributed by atoms with E-state index in [1.807, 2.05) is 0 Å². The summed E-state index contributed by atoms with van der Waals surface area (Å²) in [5.74, 6) is 0. The van der Waals surface area contributed by atoms with Crippen LogP contribution in [0.3, 0.4) is 0 Å². The van der Waals surface area contributed by atoms with Crippen molar-refractivity contribution in [3.05, 3.63) is 230 Å². The fraction of sp³-hybridized carbons (Fsp3) is 0.121. The average Bonchev–Trinajstić information content (AvgIpc) is 3.38. The van der Waals surface area contributed by atoms with Crippen molar-refractivity contribution in [2.45, 2.75) is 52.4 Å². The molecule has 0 saturated heterocycles. The van der Waals surface area contributed by atoms with Crippen LogP contribution < -0.4 is 31.1 Å². The van der Waals surface area contributed by atoms with Gasteiger partial charge in [0.2, 0.25) is 0 Å². The molecule has 13 rings (SSSR count). The van der Waals surface area contributed by atoms with Gasteiger partial charge in [0.1, 0.15) is 0 Å². The maximum absolute atomic E-state index is 2.63. The molecule has 336 valence electrons. The van der Waals surface area contributed by atoms with Crippen LogP contribution in [0.15, 0.2) is 218 Å². The molecular weight excluding hydrogens is 846 g/mol. The van der Waals surface area contributed by atoms with Gasteiger partial charge in [0.05, 0.1) is 17.1 Å². The molecule has 11 aromatic rings. The van der Waals surface area contributed by atoms with E-state index in [0.29, 0.717) is 0 Å². The van der Waals surface area contributed by atoms with Crippen molar-refractivity contribution in [1.29, 1.82) is 0 Å². The van der Waals surface area contributed by atoms with Crippen LogP contribution in [0, 0.1) is 0 Å². The van der Waals surface area contributed by atoms with Crippen molar-refractivity contribution >= 4 is 117 Å². The van der Waals surface area contributed by atoms with E-state index in [-0.39, 0.29) is 17.5 Å². The summed E-state index contributed by atoms with van der Waals surface area (Å²) in [6, 6.07) is 82.4. The second kappa shape index (κ2) is 15.7. The van der Waals surface area contributed by atoms with E-state index in [9.17, 15) is 0 Å². The quantitative estimate of drug-likeness (QED) is 0.159. The van der Waals surface area contributed by atoms with Crippen molar-refractivity contribution in [2.75, 3.05) is 14.7 Å². The lowest BCUT2D eigenvalue weighted by atomic mass is 9.33. The first-order valence-corrected chi connectivity index (χ1v) is 24.8. The Morgan fingerprint density at radius 2 is 0.700 bits per heavy atom. The lowest BCUT2D eigenvalue weighted by Gasteiger charge is -2.46. The number of rotatable bonds is 5. The summed E-state index contributed by atoms with van der Waals surface area (Å²) in [5, 5.41) is 9.75. The predicted octanol–water partition coefficient (Wildman–Crippen LogP) is 16.4. The van der Waals surface area contributed by atoms with Crippen LogP contribution in [0.2, 0.25) is 0 Å². The van der Waals surface area contributed by atoms with Crippen LogP contribution in [0.1, 0.15) is 52.7 Å². The third kappa shape index (κ3) is 6.57. The van der Waals surface area contributed by atoms with Crippen LogP contribution in [0.25, 0.3) is 43.1 Å². The highest BCUT2D eigenvalue weighted by atomic mass is 15.2. The SMILES string of the molecule is CC(C)(C)c1cccc(N(c2cccc(C(C)(C)C)c2)c2cc3c4c(c2)N(c2cccc5ccccc25)c2c(ccc5ccccc25)B4c2ccc4ccccc4c2N3c2cccc3ccccc23)c1. The van der Waals surface area contributed by atoms with Gasteiger partial charge in [0.15, 0.2) is 0 Å². The van der Waals surface area contributed by atoms with Gasteiger partial charge in [-0.25, -0.2) is 0 Å². The summed E-state index contributed by atoms with van der Waals surface area (Å²) in [5.41, 5.74) is 16.8. The minimum absolute atomic E-state index is 0.0597. The normalized spacial score (nSPS) is 13.2. The van der Waals surface area contributed by atoms with Crippen LogP contribution >= 0.6 is 0 Å². The molecule has 0 radical (unpaired) electrons. The minimum Gasteiger partial charge on any atom is -0.310 e. The first-order valence-electron chi connectivity index (χ1n) is 24.8. The highest BCUT2D eigenvalue weighted by molar-refractivity contribution is 7.00. The van der Waals surface area contributed by atoms with E-state index in [4.69, 9.17) is 0 Å². The zero-order valence-corrected chi connectivity index (χ0v) is 40.7. The Balaban J connectivity index is 1.23. The first-order chi connectivity index (χ1) is 34.0. The molecule has 0 amide bonds. The Labute approximate surface area is 412 Å². The molecule has 2 heterocycles. The number of fused-ring (bicyclic) bond motifs is 10. The van der Waals surface area contributed by atoms with Crippen molar-refractivity contribution in [1.82, 2.24) is 0 Å². The molecule has 0 aliphatic carbocycles. The zero-order chi connectivity index (χ0) is 47.5. The van der Waals surface area contributed by atoms with Crippen LogP contribution in [-0.4, -0.2) is 6.71 Å². The standard InChI is InChI=1S/C66H54BN3/c1-65(2,3)47-25-17-27-49(39-47)68(50-28-18-26-48(40-50)66(4,5)6)51-41-60-62-61(42-51)70(59-34-16-24-44-20-8-12-30-53(44)59)64-55-32-14-10-22-46(55)36-38-57(64)67(62)56-37-35-45-21-9-13-31-54(45)63(56)69(60)58-33-15-23-43-19-7-11-29-52(43)58/h7-42H,1-6H3. The molecule has 0 unspecified atom stereocenters. The lowest BCUT2D eigenvalue weighted by molar-refractivity contribution is 0.590. The van der Waals surface area contributed by atoms with E-state index in [2.05, 4.69) is 275 Å². The maximum Gasteiger partial charge on any atom is 0.252 e. The van der Waals surface area contributed by atoms with Gasteiger partial charge in [-0.15, -0.1) is 0 Å². The molecule has 4 heteroatoms. The molecule has 0 fully saturated rings. The molecular formula is C66H54BN3. The Hall–Kier alpha value is -8.08. The molecule has 0 aromatic heterocycles. The van der Waals surface area contributed by atoms with Crippen molar-refractivity contribution in [3.8, 4) is 0 Å². The molecule has 0 bridgehead atoms. The largest absolute Gasteiger partial charge is 0.310 e. The predicted molar refractivity (Wildman–Crippen MR) is 303 cm³/mol. The van der Waals surface area contributed by atoms with E-state index >= 15 is 0 Å². The molecule has 0 N–H and O–H groups in total. The monoisotopic (exact) mass is 899 g/mol. The number of anilines is 9. The lowest BCUT2D eigenvalue weighted by Crippen LogP contribution is -2.61. The number of hydrogen-bond acceptors (Lipinski definition) is 3. The number of hydrogen-bond donors (Lipinski definition) is 0. The Morgan fingerprint density at radius 3 is 1.13 bits per heavy atom. The highest BCUT2D eigenvalue weighted by Gasteiger charge is 2.45. The van der Waals surface area contributed by atoms with Gasteiger partial charge in [-0.2, -0.15) is 0 Å². The first kappa shape index (κ1) is 42.1. The van der Waals surface area contributed by atoms with Gasteiger partial charge >= 0.3 is 0 Å². The fourth-order valence-corrected chi connectivity index (χ4v) is 11.6. The molecule has 0 atom stereocenters. The van der Waals surface area contributed by atoms with Gasteiger partial charge in [0.25, 0.3) is 6.71 Å². The smallest absolute Gasteiger partial charge is 0.252 e. The van der Waals surface area contributed by atoms with E-state index in [1.165, 1.54) is 93.4 Å². The minimum atomic E-state index is -0.0717. The molecule has 0 saturated carbocycles. The average molecular weight is 900 g/mol. The second-order valence-corrected chi connectivity index (χ2v) is 21.4. The van der Waals surface area contributed by atoms with Crippen LogP contribution in [0.5, 0.6) is 0 Å². The molecule has 3 nitrogen and oxygen atoms in total. The van der Waals surface area contributed by atoms with Crippen molar-refractivity contribution in [3.63, 3.8) is 0 Å². The van der Waals surface area contributed by atoms with Gasteiger partial charge in [-0.3, -0.25) is 0 Å². The van der Waals surface area contributed by atoms with E-state index in [0.717, 1.165) is 28.4 Å². The van der Waals surface area contributed by atoms with Gasteiger partial charge in [0, 0.05) is 55.7 Å².